The van der Waals surface area contributed by atoms with E-state index in [1.165, 1.54) is 23.4 Å². The lowest BCUT2D eigenvalue weighted by molar-refractivity contribution is 0.0201. The van der Waals surface area contributed by atoms with Crippen molar-refractivity contribution in [1.82, 2.24) is 25.1 Å². The van der Waals surface area contributed by atoms with Crippen LogP contribution in [0, 0.1) is 17.7 Å². The van der Waals surface area contributed by atoms with Gasteiger partial charge in [-0.15, -0.1) is 0 Å². The molecule has 34 heavy (non-hydrogen) atoms. The number of carbonyl (C=O) groups is 1. The van der Waals surface area contributed by atoms with E-state index in [0.717, 1.165) is 12.5 Å². The summed E-state index contributed by atoms with van der Waals surface area (Å²) in [5.74, 6) is -0.703. The number of hydrogen-bond donors (Lipinski definition) is 4. The molecule has 1 aliphatic heterocycles. The molecule has 3 heterocycles. The van der Waals surface area contributed by atoms with Crippen molar-refractivity contribution in [2.24, 2.45) is 11.8 Å². The predicted molar refractivity (Wildman–Crippen MR) is 117 cm³/mol. The third-order valence-electron chi connectivity index (χ3n) is 7.15. The molecule has 2 aliphatic carbocycles. The number of likely N-dealkylation sites (tertiary alicyclic amines) is 1. The molecule has 4 N–H and O–H groups in total. The number of alkyl halides is 1. The van der Waals surface area contributed by atoms with E-state index in [2.05, 4.69) is 25.5 Å². The maximum Gasteiger partial charge on any atom is 0.275 e. The van der Waals surface area contributed by atoms with E-state index in [-0.39, 0.29) is 41.3 Å². The molecule has 1 aromatic carbocycles. The first-order chi connectivity index (χ1) is 16.3. The Balaban J connectivity index is 1.35. The van der Waals surface area contributed by atoms with Gasteiger partial charge in [0.05, 0.1) is 30.1 Å². The van der Waals surface area contributed by atoms with Gasteiger partial charge < -0.3 is 20.4 Å². The van der Waals surface area contributed by atoms with Crippen molar-refractivity contribution in [3.8, 4) is 0 Å². The molecule has 3 aliphatic rings. The van der Waals surface area contributed by atoms with Gasteiger partial charge in [-0.25, -0.2) is 18.7 Å². The number of rotatable bonds is 4. The quantitative estimate of drug-likeness (QED) is 0.441. The van der Waals surface area contributed by atoms with Crippen LogP contribution in [0.5, 0.6) is 0 Å². The first-order valence-corrected chi connectivity index (χ1v) is 11.4. The van der Waals surface area contributed by atoms with E-state index in [1.54, 1.807) is 0 Å². The minimum Gasteiger partial charge on any atom is -0.390 e. The van der Waals surface area contributed by atoms with Gasteiger partial charge in [0.25, 0.3) is 5.91 Å². The summed E-state index contributed by atoms with van der Waals surface area (Å²) in [7, 11) is 0. The van der Waals surface area contributed by atoms with E-state index < -0.39 is 42.2 Å². The molecule has 2 aromatic heterocycles. The van der Waals surface area contributed by atoms with Gasteiger partial charge in [0.1, 0.15) is 30.2 Å². The maximum absolute atomic E-state index is 14.5. The predicted octanol–water partition coefficient (Wildman–Crippen LogP) is 2.22. The number of carbonyl (C=O) groups excluding carboxylic acids is 1. The summed E-state index contributed by atoms with van der Waals surface area (Å²) in [5, 5.41) is 31.0. The molecule has 0 bridgehead atoms. The third-order valence-corrected chi connectivity index (χ3v) is 7.37. The molecule has 178 valence electrons. The molecule has 6 rings (SSSR count). The number of fused-ring (bicyclic) bond motifs is 2. The summed E-state index contributed by atoms with van der Waals surface area (Å²) in [6.07, 6.45) is -0.972. The highest BCUT2D eigenvalue weighted by Crippen LogP contribution is 2.53. The Kier molecular flexibility index (Phi) is 4.98. The van der Waals surface area contributed by atoms with Crippen molar-refractivity contribution >= 4 is 34.4 Å². The summed E-state index contributed by atoms with van der Waals surface area (Å²) < 4.78 is 28.4. The SMILES string of the molecule is O=C(c1n[nH]c2ncnc(N[C@H]3[C@H](O)[C@H](O)[C@@H]4C[C@@H]43)c12)N1C[C@@H](F)C[C@@H]1c1cc(F)cc(Cl)c1. The zero-order valence-corrected chi connectivity index (χ0v) is 18.5. The number of aromatic amines is 1. The fourth-order valence-corrected chi connectivity index (χ4v) is 5.69. The average molecular weight is 491 g/mol. The summed E-state index contributed by atoms with van der Waals surface area (Å²) in [6, 6.07) is 2.76. The number of nitrogens with zero attached hydrogens (tertiary/aromatic N) is 4. The fourth-order valence-electron chi connectivity index (χ4n) is 5.46. The number of H-pyrrole nitrogens is 1. The van der Waals surface area contributed by atoms with Crippen LogP contribution in [0.4, 0.5) is 14.6 Å². The van der Waals surface area contributed by atoms with Crippen molar-refractivity contribution in [3.05, 3.63) is 46.6 Å². The second-order valence-electron chi connectivity index (χ2n) is 9.24. The number of amides is 1. The Morgan fingerprint density at radius 1 is 1.18 bits per heavy atom. The molecule has 3 fully saturated rings. The molecule has 1 saturated heterocycles. The van der Waals surface area contributed by atoms with Crippen LogP contribution < -0.4 is 5.32 Å². The number of hydrogen-bond acceptors (Lipinski definition) is 7. The Labute approximate surface area is 197 Å². The number of aromatic nitrogens is 4. The third kappa shape index (κ3) is 3.41. The molecule has 1 amide bonds. The summed E-state index contributed by atoms with van der Waals surface area (Å²) in [5.41, 5.74) is 0.679. The molecule has 7 atom stereocenters. The normalized spacial score (nSPS) is 32.3. The highest BCUT2D eigenvalue weighted by atomic mass is 35.5. The molecule has 9 nitrogen and oxygen atoms in total. The standard InChI is InChI=1S/C22H21ClF2N6O3/c23-9-1-8(2-10(24)3-9)14-4-11(25)6-31(14)22(34)17-15-20(26-7-27-21(15)30-29-17)28-16-12-5-13(12)18(32)19(16)33/h1-3,7,11-14,16,18-19,32-33H,4-6H2,(H2,26,27,28,29,30)/t11-,12-,13+,14+,16+,18+,19-/m0/s1. The van der Waals surface area contributed by atoms with Crippen molar-refractivity contribution in [3.63, 3.8) is 0 Å². The highest BCUT2D eigenvalue weighted by molar-refractivity contribution is 6.30. The lowest BCUT2D eigenvalue weighted by Crippen LogP contribution is -2.38. The zero-order valence-electron chi connectivity index (χ0n) is 17.7. The zero-order chi connectivity index (χ0) is 23.7. The van der Waals surface area contributed by atoms with Crippen LogP contribution in [-0.4, -0.2) is 72.2 Å². The van der Waals surface area contributed by atoms with Crippen molar-refractivity contribution < 1.29 is 23.8 Å². The molecule has 2 saturated carbocycles. The topological polar surface area (TPSA) is 127 Å². The second-order valence-corrected chi connectivity index (χ2v) is 9.68. The Morgan fingerprint density at radius 2 is 2.00 bits per heavy atom. The minimum absolute atomic E-state index is 0.00467. The van der Waals surface area contributed by atoms with Gasteiger partial charge >= 0.3 is 0 Å². The van der Waals surface area contributed by atoms with E-state index in [4.69, 9.17) is 11.6 Å². The molecule has 0 unspecified atom stereocenters. The lowest BCUT2D eigenvalue weighted by Gasteiger charge is -2.25. The van der Waals surface area contributed by atoms with Crippen LogP contribution in [0.3, 0.4) is 0 Å². The largest absolute Gasteiger partial charge is 0.390 e. The number of aliphatic hydroxyl groups excluding tert-OH is 2. The second kappa shape index (κ2) is 7.82. The Hall–Kier alpha value is -2.89. The molecular weight excluding hydrogens is 470 g/mol. The van der Waals surface area contributed by atoms with Crippen LogP contribution in [0.15, 0.2) is 24.5 Å². The number of nitrogens with one attached hydrogen (secondary N) is 2. The summed E-state index contributed by atoms with van der Waals surface area (Å²) in [4.78, 5) is 23.3. The molecule has 0 spiro atoms. The first-order valence-electron chi connectivity index (χ1n) is 11.0. The first kappa shape index (κ1) is 21.6. The van der Waals surface area contributed by atoms with E-state index in [1.807, 2.05) is 0 Å². The molecular formula is C22H21ClF2N6O3. The van der Waals surface area contributed by atoms with Gasteiger partial charge in [-0.05, 0) is 42.0 Å². The fraction of sp³-hybridized carbons (Fsp3) is 0.455. The van der Waals surface area contributed by atoms with E-state index in [0.29, 0.717) is 16.6 Å². The maximum atomic E-state index is 14.5. The average Bonchev–Trinajstić information content (AvgIpc) is 3.19. The van der Waals surface area contributed by atoms with Gasteiger partial charge in [-0.2, -0.15) is 5.10 Å². The van der Waals surface area contributed by atoms with Crippen molar-refractivity contribution in [2.45, 2.75) is 43.3 Å². The van der Waals surface area contributed by atoms with Gasteiger partial charge in [-0.1, -0.05) is 11.6 Å². The van der Waals surface area contributed by atoms with Crippen LogP contribution in [-0.2, 0) is 0 Å². The molecule has 12 heteroatoms. The van der Waals surface area contributed by atoms with Crippen LogP contribution in [0.1, 0.15) is 34.9 Å². The highest BCUT2D eigenvalue weighted by Gasteiger charge is 2.59. The number of benzene rings is 1. The number of anilines is 1. The van der Waals surface area contributed by atoms with E-state index >= 15 is 0 Å². The van der Waals surface area contributed by atoms with Gasteiger partial charge in [0.15, 0.2) is 11.3 Å². The lowest BCUT2D eigenvalue weighted by atomic mass is 10.0. The Morgan fingerprint density at radius 3 is 2.74 bits per heavy atom. The van der Waals surface area contributed by atoms with Crippen molar-refractivity contribution in [2.75, 3.05) is 11.9 Å². The number of aliphatic hydroxyl groups is 2. The van der Waals surface area contributed by atoms with Gasteiger partial charge in [0.2, 0.25) is 0 Å². The smallest absolute Gasteiger partial charge is 0.275 e. The van der Waals surface area contributed by atoms with Crippen LogP contribution >= 0.6 is 11.6 Å². The van der Waals surface area contributed by atoms with Gasteiger partial charge in [-0.3, -0.25) is 9.89 Å². The summed E-state index contributed by atoms with van der Waals surface area (Å²) in [6.45, 7) is -0.181. The van der Waals surface area contributed by atoms with Crippen LogP contribution in [0.25, 0.3) is 11.0 Å². The van der Waals surface area contributed by atoms with Gasteiger partial charge in [0, 0.05) is 11.4 Å². The molecule has 3 aromatic rings. The van der Waals surface area contributed by atoms with Crippen LogP contribution in [0.2, 0.25) is 5.02 Å². The number of halogens is 3. The van der Waals surface area contributed by atoms with E-state index in [9.17, 15) is 23.8 Å². The molecule has 0 radical (unpaired) electrons. The summed E-state index contributed by atoms with van der Waals surface area (Å²) >= 11 is 5.99. The Bertz CT molecular complexity index is 1270. The minimum atomic E-state index is -1.29. The monoisotopic (exact) mass is 490 g/mol. The van der Waals surface area contributed by atoms with Crippen molar-refractivity contribution in [1.29, 1.82) is 0 Å².